The van der Waals surface area contributed by atoms with Crippen molar-refractivity contribution in [1.82, 2.24) is 5.09 Å². The van der Waals surface area contributed by atoms with Crippen LogP contribution in [-0.2, 0) is 14.1 Å². The van der Waals surface area contributed by atoms with Crippen molar-refractivity contribution in [2.24, 2.45) is 0 Å². The Kier molecular flexibility index (Phi) is 5.29. The maximum absolute atomic E-state index is 12.5. The highest BCUT2D eigenvalue weighted by atomic mass is 35.7. The quantitative estimate of drug-likeness (QED) is 0.357. The summed E-state index contributed by atoms with van der Waals surface area (Å²) in [6, 6.07) is 4.98. The molecule has 1 unspecified atom stereocenters. The van der Waals surface area contributed by atoms with Crippen LogP contribution in [0.15, 0.2) is 24.3 Å². The van der Waals surface area contributed by atoms with Crippen LogP contribution in [0.3, 0.4) is 0 Å². The lowest BCUT2D eigenvalue weighted by Crippen LogP contribution is -2.48. The average molecular weight is 363 g/mol. The fourth-order valence-electron chi connectivity index (χ4n) is 2.58. The van der Waals surface area contributed by atoms with E-state index in [2.05, 4.69) is 5.09 Å². The van der Waals surface area contributed by atoms with Crippen molar-refractivity contribution in [3.8, 4) is 5.75 Å². The van der Waals surface area contributed by atoms with E-state index in [-0.39, 0.29) is 11.4 Å². The molecule has 1 fully saturated rings. The predicted octanol–water partition coefficient (Wildman–Crippen LogP) is 3.40. The number of esters is 1. The van der Waals surface area contributed by atoms with Crippen molar-refractivity contribution in [3.63, 3.8) is 0 Å². The van der Waals surface area contributed by atoms with Gasteiger partial charge in [0, 0.05) is 23.4 Å². The van der Waals surface area contributed by atoms with Crippen molar-refractivity contribution < 1.29 is 23.5 Å². The van der Waals surface area contributed by atoms with E-state index in [1.807, 2.05) is 0 Å². The molecule has 0 saturated heterocycles. The van der Waals surface area contributed by atoms with E-state index < -0.39 is 23.3 Å². The molecule has 126 valence electrons. The first kappa shape index (κ1) is 17.7. The van der Waals surface area contributed by atoms with Gasteiger partial charge in [0.1, 0.15) is 11.3 Å². The third-order valence-corrected chi connectivity index (χ3v) is 5.25. The summed E-state index contributed by atoms with van der Waals surface area (Å²) in [7, 11) is 1.25. The first-order valence-electron chi connectivity index (χ1n) is 6.90. The number of nitrogens with zero attached hydrogens (tertiary/aromatic N) is 1. The summed E-state index contributed by atoms with van der Waals surface area (Å²) >= 11 is 5.92. The summed E-state index contributed by atoms with van der Waals surface area (Å²) < 4.78 is 22.4. The van der Waals surface area contributed by atoms with Gasteiger partial charge in [-0.05, 0) is 25.0 Å². The summed E-state index contributed by atoms with van der Waals surface area (Å²) in [5, 5.41) is 13.2. The Morgan fingerprint density at radius 3 is 2.39 bits per heavy atom. The van der Waals surface area contributed by atoms with Gasteiger partial charge in [0.25, 0.3) is 5.69 Å². The third-order valence-electron chi connectivity index (χ3n) is 3.65. The Morgan fingerprint density at radius 1 is 1.35 bits per heavy atom. The number of non-ortho nitro benzene ring substituents is 1. The van der Waals surface area contributed by atoms with Gasteiger partial charge in [-0.3, -0.25) is 14.9 Å². The van der Waals surface area contributed by atoms with Gasteiger partial charge < -0.3 is 9.26 Å². The zero-order valence-corrected chi connectivity index (χ0v) is 14.0. The number of carbonyl (C=O) groups excluding carboxylic acids is 1. The number of methoxy groups -OCH3 is 1. The lowest BCUT2D eigenvalue weighted by atomic mass is 10.00. The van der Waals surface area contributed by atoms with Gasteiger partial charge in [0.05, 0.1) is 12.0 Å². The number of nitro benzene ring substituents is 1. The third kappa shape index (κ3) is 4.22. The molecule has 0 heterocycles. The van der Waals surface area contributed by atoms with E-state index >= 15 is 0 Å². The molecular formula is C13H16ClN2O6P. The monoisotopic (exact) mass is 362 g/mol. The number of rotatable bonds is 6. The molecule has 1 aliphatic carbocycles. The highest BCUT2D eigenvalue weighted by Crippen LogP contribution is 2.52. The molecule has 0 aliphatic heterocycles. The molecule has 0 spiro atoms. The normalized spacial score (nSPS) is 18.9. The van der Waals surface area contributed by atoms with Crippen LogP contribution in [0.5, 0.6) is 5.75 Å². The Hall–Kier alpha value is -1.63. The van der Waals surface area contributed by atoms with E-state index in [9.17, 15) is 19.5 Å². The maximum atomic E-state index is 12.5. The van der Waals surface area contributed by atoms with E-state index in [4.69, 9.17) is 20.5 Å². The zero-order valence-electron chi connectivity index (χ0n) is 12.4. The number of carbonyl (C=O) groups is 1. The molecule has 1 atom stereocenters. The molecule has 1 aromatic carbocycles. The van der Waals surface area contributed by atoms with Gasteiger partial charge in [0.15, 0.2) is 0 Å². The topological polar surface area (TPSA) is 108 Å². The summed E-state index contributed by atoms with van der Waals surface area (Å²) in [4.78, 5) is 22.0. The highest BCUT2D eigenvalue weighted by molar-refractivity contribution is 7.84. The van der Waals surface area contributed by atoms with Crippen molar-refractivity contribution in [2.45, 2.75) is 31.2 Å². The molecule has 23 heavy (non-hydrogen) atoms. The molecule has 10 heteroatoms. The first-order chi connectivity index (χ1) is 10.8. The summed E-state index contributed by atoms with van der Waals surface area (Å²) in [6.45, 7) is -3.88. The van der Waals surface area contributed by atoms with Gasteiger partial charge in [-0.25, -0.2) is 9.65 Å². The van der Waals surface area contributed by atoms with Gasteiger partial charge in [-0.15, -0.1) is 0 Å². The molecule has 0 bridgehead atoms. The van der Waals surface area contributed by atoms with E-state index in [0.29, 0.717) is 12.8 Å². The molecule has 1 aliphatic rings. The Balaban J connectivity index is 2.13. The van der Waals surface area contributed by atoms with Crippen molar-refractivity contribution in [2.75, 3.05) is 7.11 Å². The van der Waals surface area contributed by atoms with Crippen molar-refractivity contribution >= 4 is 29.8 Å². The number of halogens is 1. The second kappa shape index (κ2) is 6.86. The van der Waals surface area contributed by atoms with Crippen LogP contribution in [0.25, 0.3) is 0 Å². The van der Waals surface area contributed by atoms with Crippen LogP contribution in [0.1, 0.15) is 25.7 Å². The highest BCUT2D eigenvalue weighted by Gasteiger charge is 2.47. The van der Waals surface area contributed by atoms with Crippen LogP contribution < -0.4 is 9.61 Å². The Morgan fingerprint density at radius 2 is 1.91 bits per heavy atom. The summed E-state index contributed by atoms with van der Waals surface area (Å²) in [6.07, 6.45) is 2.44. The molecule has 1 saturated carbocycles. The number of nitrogens with one attached hydrogen (secondary N) is 1. The minimum atomic E-state index is -3.88. The average Bonchev–Trinajstić information content (AvgIpc) is 2.95. The second-order valence-electron chi connectivity index (χ2n) is 5.21. The Labute approximate surface area is 137 Å². The van der Waals surface area contributed by atoms with Crippen LogP contribution in [-0.4, -0.2) is 23.5 Å². The van der Waals surface area contributed by atoms with Gasteiger partial charge >= 0.3 is 12.8 Å². The number of hydrogen-bond acceptors (Lipinski definition) is 6. The maximum Gasteiger partial charge on any atom is 0.410 e. The molecule has 1 N–H and O–H groups in total. The molecule has 0 aromatic heterocycles. The fraction of sp³-hybridized carbons (Fsp3) is 0.462. The molecular weight excluding hydrogens is 347 g/mol. The number of hydrogen-bond donors (Lipinski definition) is 1. The minimum Gasteiger partial charge on any atom is -0.468 e. The van der Waals surface area contributed by atoms with E-state index in [1.165, 1.54) is 31.4 Å². The number of benzene rings is 1. The largest absolute Gasteiger partial charge is 0.468 e. The lowest BCUT2D eigenvalue weighted by molar-refractivity contribution is -0.384. The van der Waals surface area contributed by atoms with Crippen LogP contribution in [0, 0.1) is 10.1 Å². The number of nitro groups is 1. The van der Waals surface area contributed by atoms with Crippen molar-refractivity contribution in [3.05, 3.63) is 34.4 Å². The van der Waals surface area contributed by atoms with E-state index in [0.717, 1.165) is 12.8 Å². The minimum absolute atomic E-state index is 0.0967. The van der Waals surface area contributed by atoms with E-state index in [1.54, 1.807) is 0 Å². The summed E-state index contributed by atoms with van der Waals surface area (Å²) in [5.74, 6) is -0.442. The lowest BCUT2D eigenvalue weighted by Gasteiger charge is -2.29. The Bertz CT molecular complexity index is 644. The number of ether oxygens (including phenoxy) is 1. The molecule has 0 radical (unpaired) electrons. The van der Waals surface area contributed by atoms with Crippen LogP contribution >= 0.6 is 18.1 Å². The van der Waals surface area contributed by atoms with Crippen LogP contribution in [0.4, 0.5) is 5.69 Å². The standard InChI is InChI=1S/C13H16ClN2O6P/c1-21-12(17)13(8-2-3-9-13)15-23(14,20)22-11-6-4-10(5-7-11)16(18)19/h4-7H,2-3,8-9H2,1H3,(H,15,20). The predicted molar refractivity (Wildman–Crippen MR) is 83.5 cm³/mol. The van der Waals surface area contributed by atoms with Gasteiger partial charge in [-0.1, -0.05) is 12.8 Å². The molecule has 2 rings (SSSR count). The SMILES string of the molecule is COC(=O)C1(NP(=O)(Cl)Oc2ccc([N+](=O)[O-])cc2)CCCC1. The van der Waals surface area contributed by atoms with Gasteiger partial charge in [-0.2, -0.15) is 0 Å². The first-order valence-corrected chi connectivity index (χ1v) is 9.43. The fourth-order valence-corrected chi connectivity index (χ4v) is 4.57. The molecule has 1 aromatic rings. The second-order valence-corrected chi connectivity index (χ2v) is 7.92. The molecule has 8 nitrogen and oxygen atoms in total. The summed E-state index contributed by atoms with van der Waals surface area (Å²) in [5.41, 5.74) is -1.26. The smallest absolute Gasteiger partial charge is 0.410 e. The molecule has 0 amide bonds. The zero-order chi connectivity index (χ0) is 17.1. The van der Waals surface area contributed by atoms with Crippen LogP contribution in [0.2, 0.25) is 0 Å². The van der Waals surface area contributed by atoms with Gasteiger partial charge in [0.2, 0.25) is 0 Å². The van der Waals surface area contributed by atoms with Crippen molar-refractivity contribution in [1.29, 1.82) is 0 Å².